The van der Waals surface area contributed by atoms with Crippen molar-refractivity contribution < 1.29 is 4.43 Å². The Kier molecular flexibility index (Phi) is 7.90. The number of unbranched alkanes of at least 4 members (excludes halogenated alkanes) is 2. The van der Waals surface area contributed by atoms with Crippen LogP contribution in [0.15, 0.2) is 0 Å². The maximum atomic E-state index is 6.49. The van der Waals surface area contributed by atoms with Gasteiger partial charge in [-0.15, -0.1) is 12.3 Å². The monoisotopic (exact) mass is 268 g/mol. The average molecular weight is 269 g/mol. The molecule has 0 aliphatic rings. The minimum Gasteiger partial charge on any atom is -0.414 e. The molecule has 1 atom stereocenters. The highest BCUT2D eigenvalue weighted by atomic mass is 28.4. The number of hydrogen-bond donors (Lipinski definition) is 0. The zero-order valence-electron chi connectivity index (χ0n) is 13.3. The second-order valence-electron chi connectivity index (χ2n) is 6.74. The van der Waals surface area contributed by atoms with Gasteiger partial charge in [0.05, 0.1) is 0 Å². The predicted octanol–water partition coefficient (Wildman–Crippen LogP) is 5.37. The van der Waals surface area contributed by atoms with Crippen LogP contribution < -0.4 is 0 Å². The van der Waals surface area contributed by atoms with Crippen molar-refractivity contribution in [3.63, 3.8) is 0 Å². The molecule has 0 aromatic heterocycles. The van der Waals surface area contributed by atoms with Gasteiger partial charge in [-0.25, -0.2) is 0 Å². The van der Waals surface area contributed by atoms with Crippen LogP contribution in [0.5, 0.6) is 0 Å². The molecule has 0 saturated carbocycles. The van der Waals surface area contributed by atoms with Crippen LogP contribution in [0.2, 0.25) is 18.1 Å². The van der Waals surface area contributed by atoms with Gasteiger partial charge in [-0.2, -0.15) is 0 Å². The molecule has 0 radical (unpaired) electrons. The van der Waals surface area contributed by atoms with Crippen molar-refractivity contribution in [1.82, 2.24) is 0 Å². The Morgan fingerprint density at radius 3 is 2.22 bits per heavy atom. The molecule has 106 valence electrons. The van der Waals surface area contributed by atoms with Gasteiger partial charge < -0.3 is 4.43 Å². The predicted molar refractivity (Wildman–Crippen MR) is 84.3 cm³/mol. The first-order valence-corrected chi connectivity index (χ1v) is 10.3. The molecule has 0 aliphatic carbocycles. The van der Waals surface area contributed by atoms with Crippen LogP contribution in [0.25, 0.3) is 0 Å². The first-order valence-electron chi connectivity index (χ1n) is 7.36. The summed E-state index contributed by atoms with van der Waals surface area (Å²) in [5, 5.41) is 0.284. The molecular formula is C16H32OSi. The van der Waals surface area contributed by atoms with Crippen molar-refractivity contribution >= 4 is 8.32 Å². The van der Waals surface area contributed by atoms with Crippen LogP contribution in [-0.4, -0.2) is 14.4 Å². The van der Waals surface area contributed by atoms with Gasteiger partial charge in [0.25, 0.3) is 0 Å². The smallest absolute Gasteiger partial charge is 0.192 e. The molecule has 0 bridgehead atoms. The van der Waals surface area contributed by atoms with Crippen LogP contribution in [-0.2, 0) is 4.43 Å². The van der Waals surface area contributed by atoms with Gasteiger partial charge in [0.1, 0.15) is 0 Å². The summed E-state index contributed by atoms with van der Waals surface area (Å²) in [6.07, 6.45) is 12.6. The molecule has 0 saturated heterocycles. The Morgan fingerprint density at radius 2 is 1.78 bits per heavy atom. The summed E-state index contributed by atoms with van der Waals surface area (Å²) in [7, 11) is -1.65. The van der Waals surface area contributed by atoms with Gasteiger partial charge in [0.2, 0.25) is 0 Å². The first kappa shape index (κ1) is 17.7. The lowest BCUT2D eigenvalue weighted by Gasteiger charge is -2.39. The van der Waals surface area contributed by atoms with E-state index in [4.69, 9.17) is 10.8 Å². The van der Waals surface area contributed by atoms with Gasteiger partial charge >= 0.3 is 0 Å². The van der Waals surface area contributed by atoms with Crippen molar-refractivity contribution in [3.05, 3.63) is 0 Å². The van der Waals surface area contributed by atoms with Gasteiger partial charge in [-0.3, -0.25) is 0 Å². The molecule has 0 aliphatic heterocycles. The standard InChI is InChI=1S/C16H32OSi/c1-8-10-12-14-15(13-11-9-2)17-18(6,7)16(3,4)5/h2,15H,8,10-14H2,1,3-7H3/t15-/m1/s1. The lowest BCUT2D eigenvalue weighted by Crippen LogP contribution is -2.44. The Bertz CT molecular complexity index is 257. The lowest BCUT2D eigenvalue weighted by molar-refractivity contribution is 0.159. The summed E-state index contributed by atoms with van der Waals surface area (Å²) < 4.78 is 6.49. The van der Waals surface area contributed by atoms with Crippen LogP contribution in [0.1, 0.15) is 66.2 Å². The van der Waals surface area contributed by atoms with E-state index < -0.39 is 8.32 Å². The van der Waals surface area contributed by atoms with Crippen molar-refractivity contribution in [2.45, 2.75) is 90.5 Å². The largest absolute Gasteiger partial charge is 0.414 e. The van der Waals surface area contributed by atoms with E-state index in [-0.39, 0.29) is 5.04 Å². The van der Waals surface area contributed by atoms with Crippen molar-refractivity contribution in [2.75, 3.05) is 0 Å². The van der Waals surface area contributed by atoms with E-state index in [0.717, 1.165) is 12.8 Å². The summed E-state index contributed by atoms with van der Waals surface area (Å²) in [5.41, 5.74) is 0. The van der Waals surface area contributed by atoms with Gasteiger partial charge in [0.15, 0.2) is 8.32 Å². The van der Waals surface area contributed by atoms with E-state index in [9.17, 15) is 0 Å². The van der Waals surface area contributed by atoms with E-state index in [2.05, 4.69) is 46.7 Å². The summed E-state index contributed by atoms with van der Waals surface area (Å²) in [4.78, 5) is 0. The zero-order chi connectivity index (χ0) is 14.2. The van der Waals surface area contributed by atoms with Crippen LogP contribution >= 0.6 is 0 Å². The van der Waals surface area contributed by atoms with E-state index in [1.54, 1.807) is 0 Å². The van der Waals surface area contributed by atoms with Crippen molar-refractivity contribution in [3.8, 4) is 12.3 Å². The summed E-state index contributed by atoms with van der Waals surface area (Å²) in [6.45, 7) is 13.8. The minimum atomic E-state index is -1.65. The maximum Gasteiger partial charge on any atom is 0.192 e. The van der Waals surface area contributed by atoms with E-state index in [0.29, 0.717) is 6.10 Å². The van der Waals surface area contributed by atoms with Gasteiger partial charge in [0, 0.05) is 12.5 Å². The molecule has 0 aromatic carbocycles. The van der Waals surface area contributed by atoms with Gasteiger partial charge in [-0.1, -0.05) is 47.0 Å². The number of rotatable bonds is 8. The minimum absolute atomic E-state index is 0.284. The third-order valence-electron chi connectivity index (χ3n) is 4.01. The fourth-order valence-corrected chi connectivity index (χ4v) is 3.14. The molecule has 1 nitrogen and oxygen atoms in total. The molecule has 0 fully saturated rings. The summed E-state index contributed by atoms with van der Waals surface area (Å²) in [5.74, 6) is 2.75. The zero-order valence-corrected chi connectivity index (χ0v) is 14.3. The van der Waals surface area contributed by atoms with Crippen LogP contribution in [0.4, 0.5) is 0 Å². The normalized spacial score (nSPS) is 14.3. The molecule has 0 spiro atoms. The maximum absolute atomic E-state index is 6.49. The summed E-state index contributed by atoms with van der Waals surface area (Å²) in [6, 6.07) is 0. The second kappa shape index (κ2) is 8.02. The Morgan fingerprint density at radius 1 is 1.17 bits per heavy atom. The molecule has 0 amide bonds. The SMILES string of the molecule is C#CCC[C@H](CCCCC)O[Si](C)(C)C(C)(C)C. The van der Waals surface area contributed by atoms with E-state index >= 15 is 0 Å². The highest BCUT2D eigenvalue weighted by Crippen LogP contribution is 2.38. The molecule has 18 heavy (non-hydrogen) atoms. The van der Waals surface area contributed by atoms with Gasteiger partial charge in [-0.05, 0) is 31.0 Å². The van der Waals surface area contributed by atoms with E-state index in [1.165, 1.54) is 25.7 Å². The highest BCUT2D eigenvalue weighted by Gasteiger charge is 2.38. The molecule has 0 heterocycles. The molecule has 0 unspecified atom stereocenters. The van der Waals surface area contributed by atoms with Crippen molar-refractivity contribution in [1.29, 1.82) is 0 Å². The fourth-order valence-electron chi connectivity index (χ4n) is 1.72. The Labute approximate surface area is 116 Å². The van der Waals surface area contributed by atoms with E-state index in [1.807, 2.05) is 0 Å². The lowest BCUT2D eigenvalue weighted by atomic mass is 10.1. The number of hydrogen-bond acceptors (Lipinski definition) is 1. The Hall–Kier alpha value is -0.263. The molecule has 0 aromatic rings. The molecule has 0 N–H and O–H groups in total. The fraction of sp³-hybridized carbons (Fsp3) is 0.875. The second-order valence-corrected chi connectivity index (χ2v) is 11.5. The van der Waals surface area contributed by atoms with Crippen LogP contribution in [0, 0.1) is 12.3 Å². The first-order chi connectivity index (χ1) is 8.24. The topological polar surface area (TPSA) is 9.23 Å². The highest BCUT2D eigenvalue weighted by molar-refractivity contribution is 6.74. The number of terminal acetylenes is 1. The molecular weight excluding hydrogens is 236 g/mol. The average Bonchev–Trinajstić information content (AvgIpc) is 2.24. The molecule has 0 rings (SSSR count). The van der Waals surface area contributed by atoms with Crippen LogP contribution in [0.3, 0.4) is 0 Å². The quantitative estimate of drug-likeness (QED) is 0.327. The summed E-state index contributed by atoms with van der Waals surface area (Å²) >= 11 is 0. The molecule has 2 heteroatoms. The third-order valence-corrected chi connectivity index (χ3v) is 8.54. The third kappa shape index (κ3) is 6.61. The Balaban J connectivity index is 4.43. The van der Waals surface area contributed by atoms with Crippen molar-refractivity contribution in [2.24, 2.45) is 0 Å².